The maximum absolute atomic E-state index is 13.0. The van der Waals surface area contributed by atoms with Crippen LogP contribution in [0.15, 0.2) is 36.5 Å². The van der Waals surface area contributed by atoms with Gasteiger partial charge in [-0.15, -0.1) is 5.10 Å². The van der Waals surface area contributed by atoms with Crippen LogP contribution in [0.1, 0.15) is 31.5 Å². The zero-order valence-corrected chi connectivity index (χ0v) is 18.4. The summed E-state index contributed by atoms with van der Waals surface area (Å²) in [6.07, 6.45) is 5.32. The molecule has 172 valence electrons. The molecular formula is C22H29N5O5. The topological polar surface area (TPSA) is 141 Å². The van der Waals surface area contributed by atoms with Gasteiger partial charge in [-0.1, -0.05) is 24.3 Å². The van der Waals surface area contributed by atoms with Crippen LogP contribution in [0.3, 0.4) is 0 Å². The first-order valence-corrected chi connectivity index (χ1v) is 10.5. The number of rotatable bonds is 9. The average molecular weight is 444 g/mol. The number of carbonyl (C=O) groups excluding carboxylic acids is 2. The van der Waals surface area contributed by atoms with Crippen LogP contribution in [0.2, 0.25) is 0 Å². The van der Waals surface area contributed by atoms with Crippen LogP contribution in [-0.4, -0.2) is 61.9 Å². The summed E-state index contributed by atoms with van der Waals surface area (Å²) in [5.74, 6) is -1.56. The fourth-order valence-corrected chi connectivity index (χ4v) is 3.70. The molecule has 32 heavy (non-hydrogen) atoms. The molecule has 1 aromatic heterocycles. The molecule has 0 unspecified atom stereocenters. The summed E-state index contributed by atoms with van der Waals surface area (Å²) < 4.78 is 1.68. The minimum absolute atomic E-state index is 0.0169. The highest BCUT2D eigenvalue weighted by molar-refractivity contribution is 6.07. The molecule has 10 nitrogen and oxygen atoms in total. The van der Waals surface area contributed by atoms with Crippen LogP contribution >= 0.6 is 0 Å². The van der Waals surface area contributed by atoms with Crippen molar-refractivity contribution in [3.63, 3.8) is 0 Å². The quantitative estimate of drug-likeness (QED) is 0.416. The molecule has 1 aliphatic heterocycles. The third kappa shape index (κ3) is 4.57. The lowest BCUT2D eigenvalue weighted by molar-refractivity contribution is -0.139. The number of nitrogens with zero attached hydrogens (tertiary/aromatic N) is 4. The predicted molar refractivity (Wildman–Crippen MR) is 118 cm³/mol. The molecule has 2 amide bonds. The zero-order chi connectivity index (χ0) is 23.5. The molecule has 2 aromatic rings. The van der Waals surface area contributed by atoms with Gasteiger partial charge in [0.1, 0.15) is 6.10 Å². The Bertz CT molecular complexity index is 1020. The number of hydrogen-bond acceptors (Lipinski definition) is 7. The van der Waals surface area contributed by atoms with Gasteiger partial charge in [0.05, 0.1) is 11.4 Å². The molecule has 3 rings (SSSR count). The molecule has 0 aliphatic carbocycles. The third-order valence-electron chi connectivity index (χ3n) is 5.61. The number of allylic oxidation sites excluding steroid dienone is 1. The Morgan fingerprint density at radius 2 is 2.09 bits per heavy atom. The number of amides is 2. The maximum Gasteiger partial charge on any atom is 0.264 e. The average Bonchev–Trinajstić information content (AvgIpc) is 3.29. The van der Waals surface area contributed by atoms with Gasteiger partial charge in [-0.3, -0.25) is 14.3 Å². The second-order valence-electron chi connectivity index (χ2n) is 7.98. The van der Waals surface area contributed by atoms with Gasteiger partial charge < -0.3 is 25.5 Å². The summed E-state index contributed by atoms with van der Waals surface area (Å²) in [5.41, 5.74) is 0.279. The lowest BCUT2D eigenvalue weighted by atomic mass is 9.82. The Hall–Kier alpha value is -3.08. The van der Waals surface area contributed by atoms with Crippen LogP contribution in [-0.2, 0) is 28.2 Å². The van der Waals surface area contributed by atoms with E-state index in [1.165, 1.54) is 11.8 Å². The van der Waals surface area contributed by atoms with Gasteiger partial charge in [0.2, 0.25) is 0 Å². The first-order chi connectivity index (χ1) is 15.2. The van der Waals surface area contributed by atoms with Crippen LogP contribution < -0.4 is 10.2 Å². The van der Waals surface area contributed by atoms with Gasteiger partial charge >= 0.3 is 0 Å². The highest BCUT2D eigenvalue weighted by atomic mass is 16.3. The molecule has 0 saturated carbocycles. The van der Waals surface area contributed by atoms with Gasteiger partial charge in [0, 0.05) is 50.0 Å². The molecule has 0 spiro atoms. The summed E-state index contributed by atoms with van der Waals surface area (Å²) >= 11 is 0. The van der Waals surface area contributed by atoms with Gasteiger partial charge in [0.25, 0.3) is 11.8 Å². The maximum atomic E-state index is 13.0. The van der Waals surface area contributed by atoms with E-state index < -0.39 is 29.4 Å². The molecule has 0 bridgehead atoms. The second-order valence-corrected chi connectivity index (χ2v) is 7.98. The number of aliphatic hydroxyl groups is 3. The fraction of sp³-hybridized carbons (Fsp3) is 0.455. The molecule has 3 atom stereocenters. The van der Waals surface area contributed by atoms with E-state index in [1.54, 1.807) is 49.1 Å². The number of aromatic nitrogens is 3. The van der Waals surface area contributed by atoms with Crippen LogP contribution in [0.25, 0.3) is 0 Å². The van der Waals surface area contributed by atoms with E-state index in [1.807, 2.05) is 6.08 Å². The fourth-order valence-electron chi connectivity index (χ4n) is 3.70. The molecular weight excluding hydrogens is 414 g/mol. The number of nitrogens with one attached hydrogen (secondary N) is 1. The van der Waals surface area contributed by atoms with E-state index >= 15 is 0 Å². The Labute approximate surface area is 186 Å². The van der Waals surface area contributed by atoms with E-state index in [0.717, 1.165) is 0 Å². The second kappa shape index (κ2) is 9.60. The molecule has 4 N–H and O–H groups in total. The highest BCUT2D eigenvalue weighted by Crippen LogP contribution is 2.45. The minimum Gasteiger partial charge on any atom is -0.396 e. The van der Waals surface area contributed by atoms with Gasteiger partial charge in [-0.25, -0.2) is 0 Å². The molecule has 1 aromatic carbocycles. The third-order valence-corrected chi connectivity index (χ3v) is 5.61. The van der Waals surface area contributed by atoms with Crippen molar-refractivity contribution in [2.24, 2.45) is 5.92 Å². The Balaban J connectivity index is 1.75. The number of carbonyl (C=O) groups is 2. The van der Waals surface area contributed by atoms with Crippen molar-refractivity contribution >= 4 is 23.2 Å². The van der Waals surface area contributed by atoms with Crippen molar-refractivity contribution < 1.29 is 24.9 Å². The molecule has 1 aliphatic rings. The van der Waals surface area contributed by atoms with Crippen molar-refractivity contribution in [2.75, 3.05) is 23.9 Å². The van der Waals surface area contributed by atoms with E-state index in [0.29, 0.717) is 42.0 Å². The molecule has 2 heterocycles. The van der Waals surface area contributed by atoms with Crippen LogP contribution in [0.4, 0.5) is 11.4 Å². The molecule has 0 fully saturated rings. The number of aliphatic hydroxyl groups excluding tert-OH is 2. The van der Waals surface area contributed by atoms with Crippen molar-refractivity contribution in [1.82, 2.24) is 15.0 Å². The van der Waals surface area contributed by atoms with Crippen molar-refractivity contribution in [1.29, 1.82) is 0 Å². The number of aryl methyl sites for hydroxylation is 1. The van der Waals surface area contributed by atoms with E-state index in [9.17, 15) is 19.8 Å². The van der Waals surface area contributed by atoms with Crippen LogP contribution in [0, 0.1) is 5.92 Å². The number of benzene rings is 1. The number of hydrogen-bond donors (Lipinski definition) is 4. The monoisotopic (exact) mass is 443 g/mol. The SMILES string of the molecule is C[C@H](O)C(=O)Nc1ccc2c(c1)[C@](O)([C@@H](C)/C=C/CCn1cc(CCO)nn1)C(=O)N2C. The van der Waals surface area contributed by atoms with E-state index in [4.69, 9.17) is 5.11 Å². The van der Waals surface area contributed by atoms with Gasteiger partial charge in [0.15, 0.2) is 5.60 Å². The zero-order valence-electron chi connectivity index (χ0n) is 18.4. The summed E-state index contributed by atoms with van der Waals surface area (Å²) in [5, 5.41) is 40.4. The number of anilines is 2. The van der Waals surface area contributed by atoms with Gasteiger partial charge in [-0.2, -0.15) is 0 Å². The Morgan fingerprint density at radius 3 is 2.78 bits per heavy atom. The highest BCUT2D eigenvalue weighted by Gasteiger charge is 2.51. The standard InChI is InChI=1S/C22H29N5O5/c1-14(6-4-5-10-27-13-17(9-11-28)24-25-27)22(32)18-12-16(23-20(30)15(2)29)7-8-19(18)26(3)21(22)31/h4,6-8,12-15,28-29,32H,5,9-11H2,1-3H3,(H,23,30)/b6-4+/t14-,15-,22+/m0/s1. The predicted octanol–water partition coefficient (Wildman–Crippen LogP) is 0.579. The first-order valence-electron chi connectivity index (χ1n) is 10.5. The summed E-state index contributed by atoms with van der Waals surface area (Å²) in [6.45, 7) is 3.70. The number of fused-ring (bicyclic) bond motifs is 1. The lowest BCUT2D eigenvalue weighted by Crippen LogP contribution is -2.43. The summed E-state index contributed by atoms with van der Waals surface area (Å²) in [6, 6.07) is 4.85. The van der Waals surface area contributed by atoms with E-state index in [2.05, 4.69) is 15.6 Å². The van der Waals surface area contributed by atoms with Crippen molar-refractivity contribution in [3.05, 3.63) is 47.8 Å². The first kappa shape index (κ1) is 23.6. The normalized spacial score (nSPS) is 19.9. The Kier molecular flexibility index (Phi) is 7.07. The number of likely N-dealkylation sites (N-methyl/N-ethyl adjacent to an activating group) is 1. The summed E-state index contributed by atoms with van der Waals surface area (Å²) in [7, 11) is 1.60. The van der Waals surface area contributed by atoms with Gasteiger partial charge in [-0.05, 0) is 31.5 Å². The molecule has 10 heteroatoms. The minimum atomic E-state index is -1.78. The lowest BCUT2D eigenvalue weighted by Gasteiger charge is -2.27. The molecule has 0 radical (unpaired) electrons. The van der Waals surface area contributed by atoms with Crippen molar-refractivity contribution in [2.45, 2.75) is 44.9 Å². The molecule has 0 saturated heterocycles. The largest absolute Gasteiger partial charge is 0.396 e. The smallest absolute Gasteiger partial charge is 0.264 e. The van der Waals surface area contributed by atoms with Crippen molar-refractivity contribution in [3.8, 4) is 0 Å². The van der Waals surface area contributed by atoms with E-state index in [-0.39, 0.29) is 6.61 Å². The Morgan fingerprint density at radius 1 is 1.34 bits per heavy atom. The van der Waals surface area contributed by atoms with Crippen LogP contribution in [0.5, 0.6) is 0 Å². The summed E-state index contributed by atoms with van der Waals surface area (Å²) in [4.78, 5) is 26.2.